The summed E-state index contributed by atoms with van der Waals surface area (Å²) in [7, 11) is 0. The molecule has 2 aliphatic carbocycles. The van der Waals surface area contributed by atoms with Gasteiger partial charge < -0.3 is 0 Å². The second kappa shape index (κ2) is 14.8. The maximum absolute atomic E-state index is 4.88. The Morgan fingerprint density at radius 3 is 1.48 bits per heavy atom. The van der Waals surface area contributed by atoms with Crippen LogP contribution in [0.1, 0.15) is 91.9 Å². The maximum atomic E-state index is 4.88. The number of hydrogen-bond donors (Lipinski definition) is 0. The Morgan fingerprint density at radius 1 is 0.625 bits per heavy atom. The lowest BCUT2D eigenvalue weighted by atomic mass is 9.91. The third-order valence-electron chi connectivity index (χ3n) is 7.80. The van der Waals surface area contributed by atoms with Crippen LogP contribution in [0, 0.1) is 0 Å². The van der Waals surface area contributed by atoms with Gasteiger partial charge in [-0.05, 0) is 102 Å². The molecule has 2 aromatic carbocycles. The van der Waals surface area contributed by atoms with Crippen LogP contribution >= 0.6 is 46.6 Å². The number of fused-ring (bicyclic) bond motifs is 2. The van der Waals surface area contributed by atoms with Crippen molar-refractivity contribution in [3.63, 3.8) is 0 Å². The summed E-state index contributed by atoms with van der Waals surface area (Å²) in [6.45, 7) is 8.89. The number of hydrogen-bond acceptors (Lipinski definition) is 8. The van der Waals surface area contributed by atoms with Crippen LogP contribution in [0.5, 0.6) is 0 Å². The molecule has 0 unspecified atom stereocenters. The fourth-order valence-corrected chi connectivity index (χ4v) is 10.4. The average molecular weight is 613 g/mol. The van der Waals surface area contributed by atoms with Gasteiger partial charge in [0.25, 0.3) is 0 Å². The first-order valence-corrected chi connectivity index (χ1v) is 18.3. The molecule has 0 bridgehead atoms. The highest BCUT2D eigenvalue weighted by atomic mass is 32.2. The number of aromatic nitrogens is 2. The second-order valence-corrected chi connectivity index (χ2v) is 16.1. The number of benzene rings is 2. The van der Waals surface area contributed by atoms with Crippen molar-refractivity contribution < 1.29 is 0 Å². The highest BCUT2D eigenvalue weighted by molar-refractivity contribution is 7.99. The fraction of sp³-hybridized carbons (Fsp3) is 0.562. The third-order valence-corrected chi connectivity index (χ3v) is 12.8. The molecule has 40 heavy (non-hydrogen) atoms. The minimum Gasteiger partial charge on any atom is -0.239 e. The summed E-state index contributed by atoms with van der Waals surface area (Å²) < 4.78 is 10.1. The molecule has 8 heteroatoms. The highest BCUT2D eigenvalue weighted by Gasteiger charge is 2.30. The largest absolute Gasteiger partial charge is 0.239 e. The number of rotatable bonds is 8. The zero-order chi connectivity index (χ0) is 27.9. The molecule has 2 fully saturated rings. The smallest absolute Gasteiger partial charge is 0.166 e. The number of nitrogens with zero attached hydrogens (tertiary/aromatic N) is 4. The van der Waals surface area contributed by atoms with Crippen molar-refractivity contribution in [2.45, 2.75) is 125 Å². The van der Waals surface area contributed by atoms with E-state index in [0.717, 1.165) is 27.5 Å². The van der Waals surface area contributed by atoms with Crippen LogP contribution in [0.2, 0.25) is 0 Å². The molecule has 4 nitrogen and oxygen atoms in total. The minimum absolute atomic E-state index is 0.520. The van der Waals surface area contributed by atoms with E-state index >= 15 is 0 Å². The van der Waals surface area contributed by atoms with Gasteiger partial charge in [-0.25, -0.2) is 18.6 Å². The topological polar surface area (TPSA) is 32.3 Å². The first-order chi connectivity index (χ1) is 19.5. The molecule has 2 aliphatic rings. The molecule has 2 heterocycles. The predicted octanol–water partition coefficient (Wildman–Crippen LogP) is 10.7. The van der Waals surface area contributed by atoms with Crippen molar-refractivity contribution in [1.82, 2.24) is 18.6 Å². The van der Waals surface area contributed by atoms with E-state index in [4.69, 9.17) is 4.98 Å². The average Bonchev–Trinajstić information content (AvgIpc) is 3.59. The van der Waals surface area contributed by atoms with Gasteiger partial charge in [-0.3, -0.25) is 0 Å². The molecule has 0 saturated heterocycles. The van der Waals surface area contributed by atoms with Gasteiger partial charge in [-0.15, -0.1) is 22.7 Å². The van der Waals surface area contributed by atoms with Gasteiger partial charge in [0.15, 0.2) is 8.68 Å². The monoisotopic (exact) mass is 612 g/mol. The summed E-state index contributed by atoms with van der Waals surface area (Å²) in [4.78, 5) is 9.54. The van der Waals surface area contributed by atoms with Crippen molar-refractivity contribution in [2.24, 2.45) is 0 Å². The van der Waals surface area contributed by atoms with Crippen LogP contribution in [0.4, 0.5) is 0 Å². The zero-order valence-corrected chi connectivity index (χ0v) is 27.7. The van der Waals surface area contributed by atoms with Crippen LogP contribution < -0.4 is 0 Å². The predicted molar refractivity (Wildman–Crippen MR) is 179 cm³/mol. The van der Waals surface area contributed by atoms with Crippen molar-refractivity contribution >= 4 is 67.0 Å². The molecular weight excluding hydrogens is 569 g/mol. The van der Waals surface area contributed by atoms with Gasteiger partial charge in [0.2, 0.25) is 0 Å². The molecule has 2 aromatic heterocycles. The van der Waals surface area contributed by atoms with Crippen LogP contribution in [0.25, 0.3) is 20.4 Å². The Morgan fingerprint density at radius 2 is 1.05 bits per heavy atom. The van der Waals surface area contributed by atoms with E-state index in [-0.39, 0.29) is 0 Å². The lowest BCUT2D eigenvalue weighted by Crippen LogP contribution is -2.40. The van der Waals surface area contributed by atoms with Gasteiger partial charge in [-0.2, -0.15) is 0 Å². The molecule has 0 spiro atoms. The van der Waals surface area contributed by atoms with E-state index in [1.54, 1.807) is 23.3 Å². The normalized spacial score (nSPS) is 17.4. The Hall–Kier alpha value is -1.16. The van der Waals surface area contributed by atoms with Crippen LogP contribution in [0.15, 0.2) is 57.2 Å². The quantitative estimate of drug-likeness (QED) is 0.184. The minimum atomic E-state index is 0.520. The van der Waals surface area contributed by atoms with E-state index in [2.05, 4.69) is 83.8 Å². The van der Waals surface area contributed by atoms with Gasteiger partial charge in [0, 0.05) is 24.2 Å². The van der Waals surface area contributed by atoms with E-state index in [0.29, 0.717) is 12.1 Å². The molecule has 0 aliphatic heterocycles. The second-order valence-electron chi connectivity index (χ2n) is 11.6. The zero-order valence-electron chi connectivity index (χ0n) is 24.4. The summed E-state index contributed by atoms with van der Waals surface area (Å²) in [6, 6.07) is 19.4. The Balaban J connectivity index is 0.000000170. The standard InChI is InChI=1S/C19H26N2S2.C13H18N2S2/c1-3-9-15(10-4-1)21(16-11-5-2-6-12-16)23-19-20-17-13-7-8-14-18(17)22-19;1-9(2)15(10(3)4)17-13-14-11-7-5-6-8-12(11)16-13/h7-8,13-16H,1-6,9-12H2;5-10H,1-4H3. The fourth-order valence-electron chi connectivity index (χ4n) is 5.89. The first kappa shape index (κ1) is 30.3. The lowest BCUT2D eigenvalue weighted by Gasteiger charge is -2.40. The van der Waals surface area contributed by atoms with Gasteiger partial charge in [0.1, 0.15) is 0 Å². The van der Waals surface area contributed by atoms with Crippen molar-refractivity contribution in [3.8, 4) is 0 Å². The molecular formula is C32H44N4S4. The third kappa shape index (κ3) is 8.01. The van der Waals surface area contributed by atoms with Gasteiger partial charge in [-0.1, -0.05) is 62.8 Å². The summed E-state index contributed by atoms with van der Waals surface area (Å²) in [5, 5.41) is 0. The molecule has 4 aromatic rings. The SMILES string of the molecule is CC(C)N(Sc1nc2ccccc2s1)C(C)C.c1ccc2sc(SN(C3CCCCC3)C3CCCCC3)nc2c1. The van der Waals surface area contributed by atoms with Crippen molar-refractivity contribution in [3.05, 3.63) is 48.5 Å². The molecule has 0 radical (unpaired) electrons. The molecule has 0 N–H and O–H groups in total. The van der Waals surface area contributed by atoms with E-state index in [1.807, 2.05) is 29.4 Å². The Kier molecular flexibility index (Phi) is 11.2. The van der Waals surface area contributed by atoms with E-state index in [9.17, 15) is 0 Å². The lowest BCUT2D eigenvalue weighted by molar-refractivity contribution is 0.185. The maximum Gasteiger partial charge on any atom is 0.166 e. The summed E-state index contributed by atoms with van der Waals surface area (Å²) >= 11 is 7.37. The van der Waals surface area contributed by atoms with E-state index in [1.165, 1.54) is 77.9 Å². The molecule has 6 rings (SSSR count). The number of thiazole rings is 2. The Bertz CT molecular complexity index is 1230. The summed E-state index contributed by atoms with van der Waals surface area (Å²) in [5.41, 5.74) is 2.26. The summed E-state index contributed by atoms with van der Waals surface area (Å²) in [6.07, 6.45) is 14.0. The first-order valence-electron chi connectivity index (χ1n) is 15.1. The Labute approximate surface area is 257 Å². The molecule has 216 valence electrons. The molecule has 0 amide bonds. The highest BCUT2D eigenvalue weighted by Crippen LogP contribution is 2.40. The molecule has 2 saturated carbocycles. The molecule has 0 atom stereocenters. The van der Waals surface area contributed by atoms with Crippen LogP contribution in [-0.2, 0) is 0 Å². The van der Waals surface area contributed by atoms with Crippen LogP contribution in [-0.4, -0.2) is 42.7 Å². The van der Waals surface area contributed by atoms with Crippen LogP contribution in [0.3, 0.4) is 0 Å². The van der Waals surface area contributed by atoms with E-state index < -0.39 is 0 Å². The van der Waals surface area contributed by atoms with Gasteiger partial charge in [0.05, 0.1) is 20.4 Å². The van der Waals surface area contributed by atoms with Crippen molar-refractivity contribution in [1.29, 1.82) is 0 Å². The van der Waals surface area contributed by atoms with Crippen molar-refractivity contribution in [2.75, 3.05) is 0 Å². The summed E-state index contributed by atoms with van der Waals surface area (Å²) in [5.74, 6) is 0. The van der Waals surface area contributed by atoms with Gasteiger partial charge >= 0.3 is 0 Å². The number of para-hydroxylation sites is 2.